The van der Waals surface area contributed by atoms with Crippen molar-refractivity contribution in [3.63, 3.8) is 0 Å². The van der Waals surface area contributed by atoms with Crippen molar-refractivity contribution in [1.82, 2.24) is 4.98 Å². The molecule has 0 bridgehead atoms. The van der Waals surface area contributed by atoms with Gasteiger partial charge in [-0.25, -0.2) is 18.5 Å². The van der Waals surface area contributed by atoms with Gasteiger partial charge in [-0.1, -0.05) is 54.1 Å². The molecule has 0 aliphatic rings. The first-order valence-corrected chi connectivity index (χ1v) is 10.7. The van der Waals surface area contributed by atoms with Crippen LogP contribution in [0, 0.1) is 6.92 Å². The Bertz CT molecular complexity index is 1250. The van der Waals surface area contributed by atoms with Crippen molar-refractivity contribution >= 4 is 10.0 Å². The maximum Gasteiger partial charge on any atom is 0.238 e. The average Bonchev–Trinajstić information content (AvgIpc) is 3.12. The van der Waals surface area contributed by atoms with Gasteiger partial charge in [0.25, 0.3) is 0 Å². The number of nitrogens with two attached hydrogens (primary N) is 1. The largest absolute Gasteiger partial charge is 0.440 e. The summed E-state index contributed by atoms with van der Waals surface area (Å²) in [5.74, 6) is 1.20. The number of oxazole rings is 1. The van der Waals surface area contributed by atoms with E-state index in [1.807, 2.05) is 61.5 Å². The van der Waals surface area contributed by atoms with E-state index in [1.54, 1.807) is 12.1 Å². The Kier molecular flexibility index (Phi) is 5.05. The normalized spacial score (nSPS) is 11.5. The summed E-state index contributed by atoms with van der Waals surface area (Å²) < 4.78 is 29.2. The van der Waals surface area contributed by atoms with E-state index in [1.165, 1.54) is 12.1 Å². The maximum absolute atomic E-state index is 11.6. The summed E-state index contributed by atoms with van der Waals surface area (Å²) in [7, 11) is -3.75. The molecule has 0 aliphatic carbocycles. The summed E-state index contributed by atoms with van der Waals surface area (Å²) in [6, 6.07) is 24.3. The van der Waals surface area contributed by atoms with E-state index in [0.29, 0.717) is 18.1 Å². The predicted octanol–water partition coefficient (Wildman–Crippen LogP) is 4.56. The Morgan fingerprint density at radius 1 is 0.897 bits per heavy atom. The van der Waals surface area contributed by atoms with Crippen molar-refractivity contribution in [1.29, 1.82) is 0 Å². The van der Waals surface area contributed by atoms with E-state index >= 15 is 0 Å². The Balaban J connectivity index is 1.80. The van der Waals surface area contributed by atoms with Gasteiger partial charge in [-0.05, 0) is 42.8 Å². The quantitative estimate of drug-likeness (QED) is 0.528. The minimum absolute atomic E-state index is 0.0578. The SMILES string of the molecule is Cc1cccc(-c2nc(Cc3ccccc3)oc2-c2ccc(S(N)(=O)=O)cc2)c1. The first-order valence-electron chi connectivity index (χ1n) is 9.14. The molecule has 4 rings (SSSR count). The smallest absolute Gasteiger partial charge is 0.238 e. The molecule has 6 heteroatoms. The van der Waals surface area contributed by atoms with Crippen LogP contribution in [0.25, 0.3) is 22.6 Å². The van der Waals surface area contributed by atoms with Crippen molar-refractivity contribution in [2.75, 3.05) is 0 Å². The van der Waals surface area contributed by atoms with Crippen molar-refractivity contribution in [3.8, 4) is 22.6 Å². The molecular formula is C23H20N2O3S. The third-order valence-corrected chi connectivity index (χ3v) is 5.54. The second-order valence-corrected chi connectivity index (χ2v) is 8.45. The molecule has 0 amide bonds. The standard InChI is InChI=1S/C23H20N2O3S/c1-16-6-5-9-19(14-16)22-23(18-10-12-20(13-11-18)29(24,26)27)28-21(25-22)15-17-7-3-2-4-8-17/h2-14H,15H2,1H3,(H2,24,26,27). The molecule has 0 saturated carbocycles. The van der Waals surface area contributed by atoms with Gasteiger partial charge in [0.05, 0.1) is 4.90 Å². The Hall–Kier alpha value is -3.22. The average molecular weight is 404 g/mol. The van der Waals surface area contributed by atoms with Crippen LogP contribution in [0.5, 0.6) is 0 Å². The van der Waals surface area contributed by atoms with Gasteiger partial charge in [0, 0.05) is 17.5 Å². The number of aromatic nitrogens is 1. The number of hydrogen-bond donors (Lipinski definition) is 1. The number of rotatable bonds is 5. The molecule has 0 aliphatic heterocycles. The molecule has 0 fully saturated rings. The molecule has 3 aromatic carbocycles. The highest BCUT2D eigenvalue weighted by Gasteiger charge is 2.18. The molecule has 0 unspecified atom stereocenters. The van der Waals surface area contributed by atoms with Gasteiger partial charge in [-0.15, -0.1) is 0 Å². The lowest BCUT2D eigenvalue weighted by molar-refractivity contribution is 0.519. The fourth-order valence-corrected chi connectivity index (χ4v) is 3.71. The fraction of sp³-hybridized carbons (Fsp3) is 0.0870. The molecule has 29 heavy (non-hydrogen) atoms. The van der Waals surface area contributed by atoms with Gasteiger partial charge in [0.2, 0.25) is 10.0 Å². The van der Waals surface area contributed by atoms with Crippen LogP contribution in [0.4, 0.5) is 0 Å². The van der Waals surface area contributed by atoms with E-state index in [2.05, 4.69) is 0 Å². The van der Waals surface area contributed by atoms with Crippen LogP contribution in [0.2, 0.25) is 0 Å². The van der Waals surface area contributed by atoms with Crippen LogP contribution in [0.1, 0.15) is 17.0 Å². The van der Waals surface area contributed by atoms with Crippen LogP contribution in [0.3, 0.4) is 0 Å². The van der Waals surface area contributed by atoms with E-state index in [0.717, 1.165) is 27.9 Å². The Morgan fingerprint density at radius 3 is 2.28 bits per heavy atom. The third kappa shape index (κ3) is 4.29. The highest BCUT2D eigenvalue weighted by atomic mass is 32.2. The van der Waals surface area contributed by atoms with E-state index < -0.39 is 10.0 Å². The molecule has 0 radical (unpaired) electrons. The molecular weight excluding hydrogens is 384 g/mol. The van der Waals surface area contributed by atoms with Crippen molar-refractivity contribution in [3.05, 3.63) is 95.9 Å². The van der Waals surface area contributed by atoms with Gasteiger partial charge >= 0.3 is 0 Å². The summed E-state index contributed by atoms with van der Waals surface area (Å²) in [6.45, 7) is 2.02. The number of aryl methyl sites for hydroxylation is 1. The first kappa shape index (κ1) is 19.1. The molecule has 4 aromatic rings. The summed E-state index contributed by atoms with van der Waals surface area (Å²) in [4.78, 5) is 4.81. The van der Waals surface area contributed by atoms with E-state index in [4.69, 9.17) is 14.5 Å². The molecule has 146 valence electrons. The summed E-state index contributed by atoms with van der Waals surface area (Å²) in [5, 5.41) is 5.21. The van der Waals surface area contributed by atoms with Crippen LogP contribution < -0.4 is 5.14 Å². The summed E-state index contributed by atoms with van der Waals surface area (Å²) in [5.41, 5.74) is 4.62. The first-order chi connectivity index (χ1) is 13.9. The van der Waals surface area contributed by atoms with E-state index in [-0.39, 0.29) is 4.90 Å². The van der Waals surface area contributed by atoms with Crippen LogP contribution in [-0.4, -0.2) is 13.4 Å². The molecule has 2 N–H and O–H groups in total. The van der Waals surface area contributed by atoms with Gasteiger partial charge in [0.15, 0.2) is 11.7 Å². The molecule has 0 atom stereocenters. The van der Waals surface area contributed by atoms with Crippen LogP contribution in [0.15, 0.2) is 88.2 Å². The summed E-state index contributed by atoms with van der Waals surface area (Å²) >= 11 is 0. The van der Waals surface area contributed by atoms with Gasteiger partial charge in [-0.3, -0.25) is 0 Å². The molecule has 1 aromatic heterocycles. The fourth-order valence-electron chi connectivity index (χ4n) is 3.19. The predicted molar refractivity (Wildman–Crippen MR) is 113 cm³/mol. The van der Waals surface area contributed by atoms with Gasteiger partial charge < -0.3 is 4.42 Å². The Morgan fingerprint density at radius 2 is 1.62 bits per heavy atom. The molecule has 0 spiro atoms. The monoisotopic (exact) mass is 404 g/mol. The minimum Gasteiger partial charge on any atom is -0.440 e. The zero-order valence-corrected chi connectivity index (χ0v) is 16.7. The number of sulfonamides is 1. The number of benzene rings is 3. The maximum atomic E-state index is 11.6. The van der Waals surface area contributed by atoms with Gasteiger partial charge in [-0.2, -0.15) is 0 Å². The lowest BCUT2D eigenvalue weighted by Gasteiger charge is -2.04. The minimum atomic E-state index is -3.75. The number of primary sulfonamides is 1. The second-order valence-electron chi connectivity index (χ2n) is 6.89. The molecule has 1 heterocycles. The zero-order chi connectivity index (χ0) is 20.4. The highest BCUT2D eigenvalue weighted by molar-refractivity contribution is 7.89. The van der Waals surface area contributed by atoms with Crippen molar-refractivity contribution in [2.45, 2.75) is 18.2 Å². The summed E-state index contributed by atoms with van der Waals surface area (Å²) in [6.07, 6.45) is 0.564. The van der Waals surface area contributed by atoms with Crippen LogP contribution >= 0.6 is 0 Å². The second kappa shape index (κ2) is 7.66. The lowest BCUT2D eigenvalue weighted by atomic mass is 10.0. The van der Waals surface area contributed by atoms with E-state index in [9.17, 15) is 8.42 Å². The molecule has 0 saturated heterocycles. The zero-order valence-electron chi connectivity index (χ0n) is 15.9. The van der Waals surface area contributed by atoms with Crippen LogP contribution in [-0.2, 0) is 16.4 Å². The number of hydrogen-bond acceptors (Lipinski definition) is 4. The van der Waals surface area contributed by atoms with Gasteiger partial charge in [0.1, 0.15) is 5.69 Å². The van der Waals surface area contributed by atoms with Crippen molar-refractivity contribution in [2.24, 2.45) is 5.14 Å². The highest BCUT2D eigenvalue weighted by Crippen LogP contribution is 2.34. The molecule has 5 nitrogen and oxygen atoms in total. The topological polar surface area (TPSA) is 86.2 Å². The van der Waals surface area contributed by atoms with Crippen molar-refractivity contribution < 1.29 is 12.8 Å². The number of nitrogens with zero attached hydrogens (tertiary/aromatic N) is 1. The third-order valence-electron chi connectivity index (χ3n) is 4.61. The Labute approximate surface area is 169 Å². The lowest BCUT2D eigenvalue weighted by Crippen LogP contribution is -2.11.